The molecule has 0 fully saturated rings. The normalized spacial score (nSPS) is 13.6. The highest BCUT2D eigenvalue weighted by Gasteiger charge is 2.05. The predicted molar refractivity (Wildman–Crippen MR) is 63.6 cm³/mol. The van der Waals surface area contributed by atoms with Crippen LogP contribution in [0.15, 0.2) is 12.2 Å². The molecule has 0 bridgehead atoms. The summed E-state index contributed by atoms with van der Waals surface area (Å²) in [5.74, 6) is 0.730. The zero-order valence-electron chi connectivity index (χ0n) is 10.1. The molecule has 1 nitrogen and oxygen atoms in total. The highest BCUT2D eigenvalue weighted by molar-refractivity contribution is 4.80. The van der Waals surface area contributed by atoms with E-state index in [1.54, 1.807) is 7.11 Å². The van der Waals surface area contributed by atoms with Crippen molar-refractivity contribution in [2.45, 2.75) is 52.4 Å². The molecule has 0 aromatic rings. The van der Waals surface area contributed by atoms with Crippen LogP contribution in [0.1, 0.15) is 52.4 Å². The highest BCUT2D eigenvalue weighted by atomic mass is 16.5. The third-order valence-electron chi connectivity index (χ3n) is 2.57. The van der Waals surface area contributed by atoms with E-state index in [2.05, 4.69) is 26.0 Å². The van der Waals surface area contributed by atoms with Gasteiger partial charge in [-0.15, -0.1) is 0 Å². The Kier molecular flexibility index (Phi) is 10.5. The summed E-state index contributed by atoms with van der Waals surface area (Å²) < 4.78 is 5.22. The van der Waals surface area contributed by atoms with Crippen LogP contribution in [-0.2, 0) is 4.74 Å². The molecular weight excluding hydrogens is 172 g/mol. The fraction of sp³-hybridized carbons (Fsp3) is 0.846. The lowest BCUT2D eigenvalue weighted by molar-refractivity contribution is 0.147. The molecule has 1 heteroatoms. The monoisotopic (exact) mass is 198 g/mol. The first-order valence-corrected chi connectivity index (χ1v) is 5.95. The van der Waals surface area contributed by atoms with Crippen molar-refractivity contribution in [2.75, 3.05) is 13.7 Å². The minimum atomic E-state index is 0.730. The lowest BCUT2D eigenvalue weighted by atomic mass is 9.98. The standard InChI is InChI=1S/C13H26O/c1-4-6-8-9-11-13(12-14-3)10-7-5-2/h5,7,13H,4,6,8-12H2,1-3H3. The van der Waals surface area contributed by atoms with Gasteiger partial charge in [-0.3, -0.25) is 0 Å². The lowest BCUT2D eigenvalue weighted by Gasteiger charge is -2.13. The number of methoxy groups -OCH3 is 1. The van der Waals surface area contributed by atoms with Gasteiger partial charge >= 0.3 is 0 Å². The maximum Gasteiger partial charge on any atom is 0.0493 e. The zero-order valence-corrected chi connectivity index (χ0v) is 10.1. The lowest BCUT2D eigenvalue weighted by Crippen LogP contribution is -2.07. The summed E-state index contributed by atoms with van der Waals surface area (Å²) in [6.07, 6.45) is 12.3. The van der Waals surface area contributed by atoms with E-state index in [0.717, 1.165) is 12.5 Å². The molecule has 1 unspecified atom stereocenters. The molecule has 0 heterocycles. The molecule has 0 aromatic carbocycles. The van der Waals surface area contributed by atoms with E-state index < -0.39 is 0 Å². The number of allylic oxidation sites excluding steroid dienone is 2. The molecule has 0 N–H and O–H groups in total. The molecular formula is C13H26O. The minimum Gasteiger partial charge on any atom is -0.384 e. The van der Waals surface area contributed by atoms with Crippen LogP contribution in [0, 0.1) is 5.92 Å². The van der Waals surface area contributed by atoms with Crippen LogP contribution in [0.2, 0.25) is 0 Å². The minimum absolute atomic E-state index is 0.730. The summed E-state index contributed by atoms with van der Waals surface area (Å²) in [7, 11) is 1.80. The molecule has 14 heavy (non-hydrogen) atoms. The van der Waals surface area contributed by atoms with Crippen LogP contribution < -0.4 is 0 Å². The van der Waals surface area contributed by atoms with E-state index in [1.807, 2.05) is 0 Å². The first kappa shape index (κ1) is 13.7. The van der Waals surface area contributed by atoms with Gasteiger partial charge in [-0.2, -0.15) is 0 Å². The topological polar surface area (TPSA) is 9.23 Å². The SMILES string of the molecule is CC=CCC(CCCCCC)COC. The fourth-order valence-electron chi connectivity index (χ4n) is 1.69. The van der Waals surface area contributed by atoms with Gasteiger partial charge in [0.15, 0.2) is 0 Å². The second-order valence-electron chi connectivity index (χ2n) is 3.98. The second kappa shape index (κ2) is 10.8. The molecule has 1 atom stereocenters. The van der Waals surface area contributed by atoms with E-state index >= 15 is 0 Å². The van der Waals surface area contributed by atoms with Gasteiger partial charge in [0, 0.05) is 13.7 Å². The van der Waals surface area contributed by atoms with Crippen molar-refractivity contribution in [3.8, 4) is 0 Å². The molecule has 0 saturated carbocycles. The number of hydrogen-bond acceptors (Lipinski definition) is 1. The molecule has 0 aliphatic heterocycles. The second-order valence-corrected chi connectivity index (χ2v) is 3.98. The van der Waals surface area contributed by atoms with Gasteiger partial charge in [-0.25, -0.2) is 0 Å². The van der Waals surface area contributed by atoms with E-state index in [9.17, 15) is 0 Å². The zero-order chi connectivity index (χ0) is 10.6. The number of hydrogen-bond donors (Lipinski definition) is 0. The van der Waals surface area contributed by atoms with Gasteiger partial charge in [0.2, 0.25) is 0 Å². The highest BCUT2D eigenvalue weighted by Crippen LogP contribution is 2.15. The van der Waals surface area contributed by atoms with Crippen molar-refractivity contribution in [3.63, 3.8) is 0 Å². The van der Waals surface area contributed by atoms with Crippen LogP contribution in [0.3, 0.4) is 0 Å². The van der Waals surface area contributed by atoms with Gasteiger partial charge in [-0.05, 0) is 25.7 Å². The average molecular weight is 198 g/mol. The van der Waals surface area contributed by atoms with E-state index in [4.69, 9.17) is 4.74 Å². The molecule has 0 amide bonds. The first-order chi connectivity index (χ1) is 6.85. The van der Waals surface area contributed by atoms with Gasteiger partial charge < -0.3 is 4.74 Å². The summed E-state index contributed by atoms with van der Waals surface area (Å²) in [4.78, 5) is 0. The van der Waals surface area contributed by atoms with Crippen LogP contribution in [-0.4, -0.2) is 13.7 Å². The summed E-state index contributed by atoms with van der Waals surface area (Å²) in [6, 6.07) is 0. The Morgan fingerprint density at radius 2 is 2.00 bits per heavy atom. The van der Waals surface area contributed by atoms with Crippen molar-refractivity contribution in [1.29, 1.82) is 0 Å². The molecule has 0 aliphatic carbocycles. The van der Waals surface area contributed by atoms with E-state index in [0.29, 0.717) is 0 Å². The van der Waals surface area contributed by atoms with Crippen molar-refractivity contribution >= 4 is 0 Å². The van der Waals surface area contributed by atoms with Crippen molar-refractivity contribution in [2.24, 2.45) is 5.92 Å². The van der Waals surface area contributed by atoms with Crippen LogP contribution in [0.4, 0.5) is 0 Å². The Hall–Kier alpha value is -0.300. The van der Waals surface area contributed by atoms with Gasteiger partial charge in [-0.1, -0.05) is 44.8 Å². The van der Waals surface area contributed by atoms with Gasteiger partial charge in [0.1, 0.15) is 0 Å². The Morgan fingerprint density at radius 1 is 1.21 bits per heavy atom. The molecule has 0 aromatic heterocycles. The van der Waals surface area contributed by atoms with Gasteiger partial charge in [0.05, 0.1) is 0 Å². The molecule has 84 valence electrons. The molecule has 0 spiro atoms. The number of unbranched alkanes of at least 4 members (excludes halogenated alkanes) is 3. The van der Waals surface area contributed by atoms with Crippen molar-refractivity contribution < 1.29 is 4.74 Å². The number of ether oxygens (including phenoxy) is 1. The third kappa shape index (κ3) is 8.31. The Bertz CT molecular complexity index is 129. The summed E-state index contributed by atoms with van der Waals surface area (Å²) in [5, 5.41) is 0. The summed E-state index contributed by atoms with van der Waals surface area (Å²) in [5.41, 5.74) is 0. The van der Waals surface area contributed by atoms with Crippen LogP contribution >= 0.6 is 0 Å². The van der Waals surface area contributed by atoms with E-state index in [1.165, 1.54) is 38.5 Å². The maximum atomic E-state index is 5.22. The molecule has 0 saturated heterocycles. The Labute approximate surface area is 89.5 Å². The molecule has 0 rings (SSSR count). The average Bonchev–Trinajstić information content (AvgIpc) is 2.20. The fourth-order valence-corrected chi connectivity index (χ4v) is 1.69. The number of rotatable bonds is 9. The Morgan fingerprint density at radius 3 is 2.57 bits per heavy atom. The van der Waals surface area contributed by atoms with Crippen LogP contribution in [0.5, 0.6) is 0 Å². The summed E-state index contributed by atoms with van der Waals surface area (Å²) in [6.45, 7) is 5.25. The van der Waals surface area contributed by atoms with Gasteiger partial charge in [0.25, 0.3) is 0 Å². The van der Waals surface area contributed by atoms with Crippen molar-refractivity contribution in [3.05, 3.63) is 12.2 Å². The maximum absolute atomic E-state index is 5.22. The predicted octanol–water partition coefficient (Wildman–Crippen LogP) is 4.19. The van der Waals surface area contributed by atoms with E-state index in [-0.39, 0.29) is 0 Å². The quantitative estimate of drug-likeness (QED) is 0.399. The Balaban J connectivity index is 3.50. The van der Waals surface area contributed by atoms with Crippen LogP contribution in [0.25, 0.3) is 0 Å². The summed E-state index contributed by atoms with van der Waals surface area (Å²) >= 11 is 0. The third-order valence-corrected chi connectivity index (χ3v) is 2.57. The largest absolute Gasteiger partial charge is 0.384 e. The first-order valence-electron chi connectivity index (χ1n) is 5.95. The molecule has 0 aliphatic rings. The van der Waals surface area contributed by atoms with Crippen molar-refractivity contribution in [1.82, 2.24) is 0 Å². The smallest absolute Gasteiger partial charge is 0.0493 e. The molecule has 0 radical (unpaired) electrons.